The van der Waals surface area contributed by atoms with Crippen molar-refractivity contribution in [3.63, 3.8) is 0 Å². The van der Waals surface area contributed by atoms with Crippen LogP contribution in [0.5, 0.6) is 0 Å². The molecule has 0 radical (unpaired) electrons. The summed E-state index contributed by atoms with van der Waals surface area (Å²) < 4.78 is 10.5. The van der Waals surface area contributed by atoms with Crippen LogP contribution < -0.4 is 10.2 Å². The van der Waals surface area contributed by atoms with E-state index >= 15 is 0 Å². The van der Waals surface area contributed by atoms with Gasteiger partial charge in [-0.05, 0) is 18.2 Å². The summed E-state index contributed by atoms with van der Waals surface area (Å²) in [7, 11) is 1.28. The lowest BCUT2D eigenvalue weighted by atomic mass is 10.1. The first kappa shape index (κ1) is 22.0. The number of nitrogens with one attached hydrogen (secondary N) is 1. The topological polar surface area (TPSA) is 111 Å². The summed E-state index contributed by atoms with van der Waals surface area (Å²) in [5.41, 5.74) is 1.29. The van der Waals surface area contributed by atoms with Gasteiger partial charge in [0.2, 0.25) is 0 Å². The molecule has 1 saturated heterocycles. The van der Waals surface area contributed by atoms with Crippen molar-refractivity contribution in [3.05, 3.63) is 62.0 Å². The highest BCUT2D eigenvalue weighted by Gasteiger charge is 2.25. The molecule has 1 amide bonds. The lowest BCUT2D eigenvalue weighted by Crippen LogP contribution is -2.36. The van der Waals surface area contributed by atoms with E-state index in [9.17, 15) is 19.7 Å². The molecule has 2 heterocycles. The van der Waals surface area contributed by atoms with Crippen LogP contribution in [0.4, 0.5) is 17.1 Å². The SMILES string of the molecule is COC(=O)c1ccc(N2CCOCC2)c(NC(=O)c2sc3c([N+](=O)[O-])cccc3c2Cl)c1. The normalized spacial score (nSPS) is 13.8. The highest BCUT2D eigenvalue weighted by molar-refractivity contribution is 7.22. The number of morpholine rings is 1. The van der Waals surface area contributed by atoms with Crippen molar-refractivity contribution in [3.8, 4) is 0 Å². The second-order valence-corrected chi connectivity index (χ2v) is 8.33. The van der Waals surface area contributed by atoms with E-state index in [4.69, 9.17) is 21.1 Å². The number of methoxy groups -OCH3 is 1. The van der Waals surface area contributed by atoms with Crippen molar-refractivity contribution in [1.29, 1.82) is 0 Å². The molecular weight excluding hydrogens is 458 g/mol. The molecule has 1 aliphatic heterocycles. The summed E-state index contributed by atoms with van der Waals surface area (Å²) in [5, 5.41) is 14.8. The van der Waals surface area contributed by atoms with E-state index in [0.29, 0.717) is 42.1 Å². The standard InChI is InChI=1S/C21H18ClN3O6S/c1-30-21(27)12-5-6-15(24-7-9-31-10-8-24)14(11-12)23-20(26)19-17(22)13-3-2-4-16(25(28)29)18(13)32-19/h2-6,11H,7-10H2,1H3,(H,23,26). The monoisotopic (exact) mass is 475 g/mol. The van der Waals surface area contributed by atoms with Gasteiger partial charge in [-0.2, -0.15) is 0 Å². The molecule has 0 aliphatic carbocycles. The van der Waals surface area contributed by atoms with Crippen molar-refractivity contribution in [2.75, 3.05) is 43.6 Å². The van der Waals surface area contributed by atoms with E-state index in [1.54, 1.807) is 18.2 Å². The molecule has 1 fully saturated rings. The zero-order valence-corrected chi connectivity index (χ0v) is 18.5. The molecule has 2 aromatic carbocycles. The van der Waals surface area contributed by atoms with Gasteiger partial charge in [-0.1, -0.05) is 23.7 Å². The second-order valence-electron chi connectivity index (χ2n) is 6.93. The molecule has 11 heteroatoms. The highest BCUT2D eigenvalue weighted by atomic mass is 35.5. The Bertz CT molecular complexity index is 1220. The van der Waals surface area contributed by atoms with Gasteiger partial charge in [-0.15, -0.1) is 11.3 Å². The third kappa shape index (κ3) is 4.12. The van der Waals surface area contributed by atoms with E-state index in [-0.39, 0.29) is 21.2 Å². The average molecular weight is 476 g/mol. The number of thiophene rings is 1. The fourth-order valence-electron chi connectivity index (χ4n) is 3.50. The third-order valence-electron chi connectivity index (χ3n) is 5.05. The largest absolute Gasteiger partial charge is 0.465 e. The van der Waals surface area contributed by atoms with E-state index < -0.39 is 16.8 Å². The number of carbonyl (C=O) groups is 2. The molecule has 1 aliphatic rings. The van der Waals surface area contributed by atoms with Gasteiger partial charge in [-0.3, -0.25) is 14.9 Å². The van der Waals surface area contributed by atoms with Gasteiger partial charge < -0.3 is 19.7 Å². The van der Waals surface area contributed by atoms with Crippen molar-refractivity contribution >= 4 is 62.0 Å². The molecule has 1 N–H and O–H groups in total. The summed E-state index contributed by atoms with van der Waals surface area (Å²) in [6, 6.07) is 9.43. The lowest BCUT2D eigenvalue weighted by molar-refractivity contribution is -0.382. The van der Waals surface area contributed by atoms with Gasteiger partial charge in [0.1, 0.15) is 9.58 Å². The van der Waals surface area contributed by atoms with Crippen LogP contribution in [0, 0.1) is 10.1 Å². The molecule has 4 rings (SSSR count). The summed E-state index contributed by atoms with van der Waals surface area (Å²) in [5.74, 6) is -1.06. The average Bonchev–Trinajstić information content (AvgIpc) is 3.15. The van der Waals surface area contributed by atoms with Gasteiger partial charge >= 0.3 is 5.97 Å². The van der Waals surface area contributed by atoms with Crippen molar-refractivity contribution in [2.24, 2.45) is 0 Å². The van der Waals surface area contributed by atoms with E-state index in [1.165, 1.54) is 25.3 Å². The number of hydrogen-bond donors (Lipinski definition) is 1. The Labute approximate surface area is 191 Å². The van der Waals surface area contributed by atoms with Crippen LogP contribution >= 0.6 is 22.9 Å². The fourth-order valence-corrected chi connectivity index (χ4v) is 4.99. The first-order valence-electron chi connectivity index (χ1n) is 9.62. The van der Waals surface area contributed by atoms with Crippen LogP contribution in [0.1, 0.15) is 20.0 Å². The summed E-state index contributed by atoms with van der Waals surface area (Å²) >= 11 is 7.37. The summed E-state index contributed by atoms with van der Waals surface area (Å²) in [4.78, 5) is 38.2. The molecule has 0 spiro atoms. The zero-order valence-electron chi connectivity index (χ0n) is 16.9. The maximum absolute atomic E-state index is 13.2. The van der Waals surface area contributed by atoms with Crippen LogP contribution in [0.3, 0.4) is 0 Å². The zero-order chi connectivity index (χ0) is 22.8. The highest BCUT2D eigenvalue weighted by Crippen LogP contribution is 2.41. The number of benzene rings is 2. The molecule has 3 aromatic rings. The number of nitro benzene ring substituents is 1. The first-order chi connectivity index (χ1) is 15.4. The number of esters is 1. The number of rotatable bonds is 5. The molecule has 0 bridgehead atoms. The number of hydrogen-bond acceptors (Lipinski definition) is 8. The minimum Gasteiger partial charge on any atom is -0.465 e. The second kappa shape index (κ2) is 9.11. The van der Waals surface area contributed by atoms with Crippen LogP contribution in [0.15, 0.2) is 36.4 Å². The molecular formula is C21H18ClN3O6S. The Morgan fingerprint density at radius 2 is 2.00 bits per heavy atom. The van der Waals surface area contributed by atoms with E-state index in [2.05, 4.69) is 5.32 Å². The maximum Gasteiger partial charge on any atom is 0.337 e. The van der Waals surface area contributed by atoms with Crippen molar-refractivity contribution in [2.45, 2.75) is 0 Å². The third-order valence-corrected chi connectivity index (χ3v) is 6.79. The van der Waals surface area contributed by atoms with E-state index in [0.717, 1.165) is 17.0 Å². The number of halogens is 1. The number of fused-ring (bicyclic) bond motifs is 1. The number of ether oxygens (including phenoxy) is 2. The van der Waals surface area contributed by atoms with Crippen molar-refractivity contribution in [1.82, 2.24) is 0 Å². The number of carbonyl (C=O) groups excluding carboxylic acids is 2. The summed E-state index contributed by atoms with van der Waals surface area (Å²) in [6.07, 6.45) is 0. The molecule has 0 atom stereocenters. The molecule has 1 aromatic heterocycles. The predicted octanol–water partition coefficient (Wildman–Crippen LogP) is 4.34. The Hall–Kier alpha value is -3.21. The molecule has 32 heavy (non-hydrogen) atoms. The van der Waals surface area contributed by atoms with Crippen LogP contribution in [0.2, 0.25) is 5.02 Å². The number of anilines is 2. The smallest absolute Gasteiger partial charge is 0.337 e. The minimum absolute atomic E-state index is 0.116. The van der Waals surface area contributed by atoms with Crippen molar-refractivity contribution < 1.29 is 24.0 Å². The molecule has 166 valence electrons. The Balaban J connectivity index is 1.73. The van der Waals surface area contributed by atoms with Crippen LogP contribution in [-0.2, 0) is 9.47 Å². The van der Waals surface area contributed by atoms with Crippen LogP contribution in [-0.4, -0.2) is 50.2 Å². The first-order valence-corrected chi connectivity index (χ1v) is 10.8. The number of non-ortho nitro benzene ring substituents is 1. The predicted molar refractivity (Wildman–Crippen MR) is 122 cm³/mol. The molecule has 9 nitrogen and oxygen atoms in total. The molecule has 0 saturated carbocycles. The van der Waals surface area contributed by atoms with Gasteiger partial charge in [0.25, 0.3) is 11.6 Å². The Morgan fingerprint density at radius 3 is 2.69 bits per heavy atom. The minimum atomic E-state index is -0.537. The van der Waals surface area contributed by atoms with Crippen LogP contribution in [0.25, 0.3) is 10.1 Å². The van der Waals surface area contributed by atoms with E-state index in [1.807, 2.05) is 4.90 Å². The number of nitrogens with zero attached hydrogens (tertiary/aromatic N) is 2. The van der Waals surface area contributed by atoms with Gasteiger partial charge in [0, 0.05) is 24.5 Å². The number of nitro groups is 1. The number of amides is 1. The maximum atomic E-state index is 13.2. The quantitative estimate of drug-likeness (QED) is 0.332. The summed E-state index contributed by atoms with van der Waals surface area (Å²) in [6.45, 7) is 2.32. The van der Waals surface area contributed by atoms with Gasteiger partial charge in [-0.25, -0.2) is 4.79 Å². The van der Waals surface area contributed by atoms with Gasteiger partial charge in [0.05, 0.1) is 47.2 Å². The lowest BCUT2D eigenvalue weighted by Gasteiger charge is -2.30. The Kier molecular flexibility index (Phi) is 6.26. The Morgan fingerprint density at radius 1 is 1.25 bits per heavy atom. The molecule has 0 unspecified atom stereocenters. The van der Waals surface area contributed by atoms with Gasteiger partial charge in [0.15, 0.2) is 0 Å². The fraction of sp³-hybridized carbons (Fsp3) is 0.238.